The molecule has 2 aromatic carbocycles. The Morgan fingerprint density at radius 2 is 1.77 bits per heavy atom. The van der Waals surface area contributed by atoms with Crippen LogP contribution in [0.1, 0.15) is 5.69 Å². The number of para-hydroxylation sites is 2. The van der Waals surface area contributed by atoms with Gasteiger partial charge >= 0.3 is 0 Å². The minimum Gasteiger partial charge on any atom is -0.490 e. The standard InChI is InChI=1S/C22H19N3O/c1-2-15-26-19-12-10-17(11-13-19)22-24-20-8-3-4-9-21(20)25(22)16-18-7-5-6-14-23-18/h2-14H,1,15-16H2. The summed E-state index contributed by atoms with van der Waals surface area (Å²) < 4.78 is 7.78. The fourth-order valence-electron chi connectivity index (χ4n) is 2.96. The Hall–Kier alpha value is -3.40. The quantitative estimate of drug-likeness (QED) is 0.477. The highest BCUT2D eigenvalue weighted by Gasteiger charge is 2.13. The summed E-state index contributed by atoms with van der Waals surface area (Å²) in [6.07, 6.45) is 3.56. The number of hydrogen-bond acceptors (Lipinski definition) is 3. The average Bonchev–Trinajstić information content (AvgIpc) is 3.06. The largest absolute Gasteiger partial charge is 0.490 e. The van der Waals surface area contributed by atoms with Crippen molar-refractivity contribution in [3.63, 3.8) is 0 Å². The number of nitrogens with zero attached hydrogens (tertiary/aromatic N) is 3. The van der Waals surface area contributed by atoms with Gasteiger partial charge in [0.1, 0.15) is 18.2 Å². The Morgan fingerprint density at radius 1 is 0.962 bits per heavy atom. The van der Waals surface area contributed by atoms with E-state index in [-0.39, 0.29) is 0 Å². The van der Waals surface area contributed by atoms with Gasteiger partial charge in [-0.05, 0) is 48.5 Å². The first-order valence-electron chi connectivity index (χ1n) is 8.54. The molecule has 0 unspecified atom stereocenters. The van der Waals surface area contributed by atoms with Crippen molar-refractivity contribution in [2.75, 3.05) is 6.61 Å². The van der Waals surface area contributed by atoms with Gasteiger partial charge in [-0.1, -0.05) is 30.9 Å². The van der Waals surface area contributed by atoms with Crippen LogP contribution in [0.2, 0.25) is 0 Å². The molecule has 128 valence electrons. The summed E-state index contributed by atoms with van der Waals surface area (Å²) in [5.41, 5.74) is 4.12. The number of rotatable bonds is 6. The summed E-state index contributed by atoms with van der Waals surface area (Å²) in [5.74, 6) is 1.74. The smallest absolute Gasteiger partial charge is 0.141 e. The summed E-state index contributed by atoms with van der Waals surface area (Å²) in [7, 11) is 0. The molecule has 0 bridgehead atoms. The maximum atomic E-state index is 5.58. The summed E-state index contributed by atoms with van der Waals surface area (Å²) in [6.45, 7) is 4.84. The van der Waals surface area contributed by atoms with E-state index < -0.39 is 0 Å². The minimum atomic E-state index is 0.498. The molecule has 0 saturated carbocycles. The molecule has 0 aliphatic rings. The summed E-state index contributed by atoms with van der Waals surface area (Å²) in [4.78, 5) is 9.31. The highest BCUT2D eigenvalue weighted by molar-refractivity contribution is 5.80. The van der Waals surface area contributed by atoms with Gasteiger partial charge in [0, 0.05) is 11.8 Å². The van der Waals surface area contributed by atoms with Crippen molar-refractivity contribution in [3.05, 3.63) is 91.3 Å². The second-order valence-electron chi connectivity index (χ2n) is 5.96. The molecule has 4 nitrogen and oxygen atoms in total. The molecule has 0 radical (unpaired) electrons. The topological polar surface area (TPSA) is 39.9 Å². The SMILES string of the molecule is C=CCOc1ccc(-c2nc3ccccc3n2Cc2ccccn2)cc1. The number of hydrogen-bond donors (Lipinski definition) is 0. The summed E-state index contributed by atoms with van der Waals surface area (Å²) in [6, 6.07) is 22.1. The van der Waals surface area contributed by atoms with Crippen molar-refractivity contribution >= 4 is 11.0 Å². The molecule has 0 amide bonds. The van der Waals surface area contributed by atoms with Gasteiger partial charge in [-0.3, -0.25) is 4.98 Å². The molecule has 4 heteroatoms. The van der Waals surface area contributed by atoms with Crippen molar-refractivity contribution in [1.82, 2.24) is 14.5 Å². The van der Waals surface area contributed by atoms with E-state index >= 15 is 0 Å². The molecule has 0 spiro atoms. The number of imidazole rings is 1. The molecular formula is C22H19N3O. The lowest BCUT2D eigenvalue weighted by atomic mass is 10.2. The highest BCUT2D eigenvalue weighted by Crippen LogP contribution is 2.27. The van der Waals surface area contributed by atoms with Gasteiger partial charge in [0.05, 0.1) is 23.3 Å². The molecule has 0 N–H and O–H groups in total. The summed E-state index contributed by atoms with van der Waals surface area (Å²) in [5, 5.41) is 0. The van der Waals surface area contributed by atoms with Crippen LogP contribution in [0.5, 0.6) is 5.75 Å². The first kappa shape index (κ1) is 16.1. The number of aromatic nitrogens is 3. The molecular weight excluding hydrogens is 322 g/mol. The van der Waals surface area contributed by atoms with E-state index in [4.69, 9.17) is 9.72 Å². The normalized spacial score (nSPS) is 10.8. The van der Waals surface area contributed by atoms with Crippen LogP contribution >= 0.6 is 0 Å². The first-order valence-corrected chi connectivity index (χ1v) is 8.54. The van der Waals surface area contributed by atoms with Crippen molar-refractivity contribution in [2.45, 2.75) is 6.54 Å². The zero-order chi connectivity index (χ0) is 17.8. The van der Waals surface area contributed by atoms with Crippen molar-refractivity contribution in [2.24, 2.45) is 0 Å². The Kier molecular flexibility index (Phi) is 4.48. The third-order valence-electron chi connectivity index (χ3n) is 4.18. The Labute approximate surface area is 152 Å². The molecule has 4 aromatic rings. The van der Waals surface area contributed by atoms with E-state index in [2.05, 4.69) is 22.2 Å². The van der Waals surface area contributed by atoms with Crippen LogP contribution in [0, 0.1) is 0 Å². The van der Waals surface area contributed by atoms with E-state index in [0.29, 0.717) is 13.2 Å². The van der Waals surface area contributed by atoms with E-state index in [0.717, 1.165) is 33.9 Å². The second-order valence-corrected chi connectivity index (χ2v) is 5.96. The van der Waals surface area contributed by atoms with Gasteiger partial charge in [-0.15, -0.1) is 0 Å². The van der Waals surface area contributed by atoms with Gasteiger partial charge < -0.3 is 9.30 Å². The number of benzene rings is 2. The molecule has 2 aromatic heterocycles. The van der Waals surface area contributed by atoms with Crippen LogP contribution in [0.4, 0.5) is 0 Å². The van der Waals surface area contributed by atoms with Crippen LogP contribution in [0.15, 0.2) is 85.6 Å². The Bertz CT molecular complexity index is 1020. The molecule has 0 aliphatic carbocycles. The number of ether oxygens (including phenoxy) is 1. The molecule has 0 atom stereocenters. The molecule has 0 aliphatic heterocycles. The monoisotopic (exact) mass is 341 g/mol. The van der Waals surface area contributed by atoms with Gasteiger partial charge in [0.25, 0.3) is 0 Å². The van der Waals surface area contributed by atoms with Crippen molar-refractivity contribution in [3.8, 4) is 17.1 Å². The third-order valence-corrected chi connectivity index (χ3v) is 4.18. The Morgan fingerprint density at radius 3 is 2.54 bits per heavy atom. The lowest BCUT2D eigenvalue weighted by molar-refractivity contribution is 0.363. The van der Waals surface area contributed by atoms with Gasteiger partial charge in [-0.2, -0.15) is 0 Å². The van der Waals surface area contributed by atoms with Gasteiger partial charge in [-0.25, -0.2) is 4.98 Å². The molecule has 0 fully saturated rings. The zero-order valence-corrected chi connectivity index (χ0v) is 14.4. The third kappa shape index (κ3) is 3.22. The highest BCUT2D eigenvalue weighted by atomic mass is 16.5. The fourth-order valence-corrected chi connectivity index (χ4v) is 2.96. The molecule has 2 heterocycles. The second kappa shape index (κ2) is 7.23. The first-order chi connectivity index (χ1) is 12.8. The van der Waals surface area contributed by atoms with Crippen LogP contribution in [-0.2, 0) is 6.54 Å². The van der Waals surface area contributed by atoms with Crippen LogP contribution in [0.25, 0.3) is 22.4 Å². The zero-order valence-electron chi connectivity index (χ0n) is 14.4. The van der Waals surface area contributed by atoms with Crippen LogP contribution in [0.3, 0.4) is 0 Å². The van der Waals surface area contributed by atoms with Crippen molar-refractivity contribution < 1.29 is 4.74 Å². The lowest BCUT2D eigenvalue weighted by Gasteiger charge is -2.10. The number of pyridine rings is 1. The van der Waals surface area contributed by atoms with Crippen LogP contribution in [-0.4, -0.2) is 21.1 Å². The molecule has 4 rings (SSSR count). The Balaban J connectivity index is 1.76. The fraction of sp³-hybridized carbons (Fsp3) is 0.0909. The van der Waals surface area contributed by atoms with E-state index in [1.807, 2.05) is 66.9 Å². The minimum absolute atomic E-state index is 0.498. The number of fused-ring (bicyclic) bond motifs is 1. The lowest BCUT2D eigenvalue weighted by Crippen LogP contribution is -2.03. The van der Waals surface area contributed by atoms with E-state index in [1.165, 1.54) is 0 Å². The predicted molar refractivity (Wildman–Crippen MR) is 104 cm³/mol. The van der Waals surface area contributed by atoms with Gasteiger partial charge in [0.15, 0.2) is 0 Å². The molecule has 26 heavy (non-hydrogen) atoms. The van der Waals surface area contributed by atoms with Crippen molar-refractivity contribution in [1.29, 1.82) is 0 Å². The van der Waals surface area contributed by atoms with E-state index in [1.54, 1.807) is 6.08 Å². The maximum Gasteiger partial charge on any atom is 0.141 e. The van der Waals surface area contributed by atoms with Gasteiger partial charge in [0.2, 0.25) is 0 Å². The average molecular weight is 341 g/mol. The van der Waals surface area contributed by atoms with Crippen LogP contribution < -0.4 is 4.74 Å². The maximum absolute atomic E-state index is 5.58. The van der Waals surface area contributed by atoms with E-state index in [9.17, 15) is 0 Å². The molecule has 0 saturated heterocycles. The predicted octanol–water partition coefficient (Wildman–Crippen LogP) is 4.71. The summed E-state index contributed by atoms with van der Waals surface area (Å²) >= 11 is 0.